The van der Waals surface area contributed by atoms with Gasteiger partial charge in [0, 0.05) is 25.7 Å². The van der Waals surface area contributed by atoms with Gasteiger partial charge in [-0.15, -0.1) is 0 Å². The van der Waals surface area contributed by atoms with E-state index >= 15 is 0 Å². The van der Waals surface area contributed by atoms with Crippen LogP contribution in [0, 0.1) is 0 Å². The number of amides is 4. The summed E-state index contributed by atoms with van der Waals surface area (Å²) in [5.41, 5.74) is 0.786. The van der Waals surface area contributed by atoms with E-state index < -0.39 is 29.8 Å². The molecule has 4 amide bonds. The van der Waals surface area contributed by atoms with Gasteiger partial charge >= 0.3 is 6.16 Å². The number of imide groups is 2. The van der Waals surface area contributed by atoms with Gasteiger partial charge in [-0.2, -0.15) is 5.06 Å². The van der Waals surface area contributed by atoms with Crippen LogP contribution in [0.5, 0.6) is 0 Å². The minimum Gasteiger partial charge on any atom is -0.428 e. The van der Waals surface area contributed by atoms with Gasteiger partial charge < -0.3 is 4.74 Å². The molecule has 2 fully saturated rings. The van der Waals surface area contributed by atoms with Crippen molar-refractivity contribution in [2.24, 2.45) is 0 Å². The number of hydrogen-bond donors (Lipinski definition) is 1. The molecule has 0 aliphatic carbocycles. The van der Waals surface area contributed by atoms with Gasteiger partial charge in [0.1, 0.15) is 6.61 Å². The summed E-state index contributed by atoms with van der Waals surface area (Å²) in [5, 5.41) is 9.02. The number of hydroxylamine groups is 4. The van der Waals surface area contributed by atoms with Crippen molar-refractivity contribution in [2.75, 3.05) is 0 Å². The summed E-state index contributed by atoms with van der Waals surface area (Å²) in [7, 11) is 0. The molecule has 0 unspecified atom stereocenters. The van der Waals surface area contributed by atoms with Crippen molar-refractivity contribution in [1.29, 1.82) is 0 Å². The molecule has 0 bridgehead atoms. The van der Waals surface area contributed by atoms with E-state index in [1.54, 1.807) is 24.3 Å². The van der Waals surface area contributed by atoms with E-state index in [1.165, 1.54) is 0 Å². The van der Waals surface area contributed by atoms with Crippen LogP contribution < -0.4 is 0 Å². The number of carbonyl (C=O) groups excluding carboxylic acids is 5. The fourth-order valence-corrected chi connectivity index (χ4v) is 2.04. The maximum Gasteiger partial charge on any atom is 0.534 e. The van der Waals surface area contributed by atoms with Gasteiger partial charge in [-0.25, -0.2) is 4.79 Å². The summed E-state index contributed by atoms with van der Waals surface area (Å²) >= 11 is 0. The predicted molar refractivity (Wildman–Crippen MR) is 81.7 cm³/mol. The molecule has 1 N–H and O–H groups in total. The number of rotatable bonds is 3. The van der Waals surface area contributed by atoms with Crippen LogP contribution in [0.15, 0.2) is 30.3 Å². The topological polar surface area (TPSA) is 131 Å². The first kappa shape index (κ1) is 19.1. The first-order valence-corrected chi connectivity index (χ1v) is 7.67. The lowest BCUT2D eigenvalue weighted by Gasteiger charge is -2.12. The Bertz CT molecular complexity index is 686. The number of nitrogens with zero attached hydrogens (tertiary/aromatic N) is 2. The molecule has 2 heterocycles. The van der Waals surface area contributed by atoms with E-state index in [1.807, 2.05) is 6.07 Å². The Hall–Kier alpha value is -3.27. The third-order valence-electron chi connectivity index (χ3n) is 3.40. The van der Waals surface area contributed by atoms with E-state index in [2.05, 4.69) is 4.84 Å². The standard InChI is InChI=1S/C12H11NO5.C4H5NO3/c14-10-6-7-11(15)13(10)18-12(16)17-8-9-4-2-1-3-5-9;6-3-1-2-4(7)5(3)8/h1-5H,6-8H2;8H,1-2H2. The molecule has 1 aromatic carbocycles. The average molecular weight is 364 g/mol. The largest absolute Gasteiger partial charge is 0.534 e. The molecule has 10 heteroatoms. The number of ether oxygens (including phenoxy) is 1. The lowest BCUT2D eigenvalue weighted by atomic mass is 10.2. The molecule has 2 aliphatic rings. The van der Waals surface area contributed by atoms with Crippen LogP contribution >= 0.6 is 0 Å². The molecule has 0 radical (unpaired) electrons. The van der Waals surface area contributed by atoms with E-state index in [0.29, 0.717) is 5.06 Å². The van der Waals surface area contributed by atoms with E-state index in [9.17, 15) is 24.0 Å². The minimum absolute atomic E-state index is 0.0237. The third kappa shape index (κ3) is 5.11. The molecule has 10 nitrogen and oxygen atoms in total. The van der Waals surface area contributed by atoms with Crippen LogP contribution in [0.1, 0.15) is 31.2 Å². The Labute approximate surface area is 147 Å². The van der Waals surface area contributed by atoms with Crippen molar-refractivity contribution < 1.29 is 38.8 Å². The van der Waals surface area contributed by atoms with Crippen LogP contribution in [0.4, 0.5) is 4.79 Å². The molecule has 2 aliphatic heterocycles. The molecule has 0 aromatic heterocycles. The molecule has 26 heavy (non-hydrogen) atoms. The van der Waals surface area contributed by atoms with Gasteiger partial charge in [0.15, 0.2) is 0 Å². The molecule has 3 rings (SSSR count). The zero-order valence-corrected chi connectivity index (χ0v) is 13.6. The van der Waals surface area contributed by atoms with Crippen molar-refractivity contribution in [2.45, 2.75) is 32.3 Å². The van der Waals surface area contributed by atoms with Crippen molar-refractivity contribution in [3.8, 4) is 0 Å². The number of benzene rings is 1. The summed E-state index contributed by atoms with van der Waals surface area (Å²) in [4.78, 5) is 58.6. The van der Waals surface area contributed by atoms with Crippen LogP contribution in [-0.2, 0) is 35.4 Å². The highest BCUT2D eigenvalue weighted by Crippen LogP contribution is 2.13. The van der Waals surface area contributed by atoms with E-state index in [0.717, 1.165) is 5.56 Å². The SMILES string of the molecule is O=C(OCc1ccccc1)ON1C(=O)CCC1=O.O=C1CCC(=O)N1O. The summed E-state index contributed by atoms with van der Waals surface area (Å²) in [6, 6.07) is 9.00. The van der Waals surface area contributed by atoms with Crippen LogP contribution in [0.3, 0.4) is 0 Å². The van der Waals surface area contributed by atoms with E-state index in [4.69, 9.17) is 9.94 Å². The first-order valence-electron chi connectivity index (χ1n) is 7.67. The van der Waals surface area contributed by atoms with Gasteiger partial charge in [0.25, 0.3) is 23.6 Å². The van der Waals surface area contributed by atoms with Gasteiger partial charge in [-0.1, -0.05) is 35.4 Å². The van der Waals surface area contributed by atoms with Gasteiger partial charge in [0.05, 0.1) is 0 Å². The summed E-state index contributed by atoms with van der Waals surface area (Å²) in [6.45, 7) is 0.0237. The number of carbonyl (C=O) groups is 5. The predicted octanol–water partition coefficient (Wildman–Crippen LogP) is 0.928. The van der Waals surface area contributed by atoms with Crippen LogP contribution in [0.25, 0.3) is 0 Å². The Morgan fingerprint density at radius 3 is 1.85 bits per heavy atom. The van der Waals surface area contributed by atoms with Crippen molar-refractivity contribution >= 4 is 29.8 Å². The maximum atomic E-state index is 11.3. The zero-order chi connectivity index (χ0) is 19.1. The maximum absolute atomic E-state index is 11.3. The lowest BCUT2D eigenvalue weighted by Crippen LogP contribution is -2.32. The summed E-state index contributed by atoms with van der Waals surface area (Å²) in [5.74, 6) is -2.07. The molecular formula is C16H16N2O8. The third-order valence-corrected chi connectivity index (χ3v) is 3.40. The zero-order valence-electron chi connectivity index (χ0n) is 13.6. The molecule has 0 spiro atoms. The Morgan fingerprint density at radius 1 is 0.885 bits per heavy atom. The quantitative estimate of drug-likeness (QED) is 0.476. The molecule has 0 saturated carbocycles. The van der Waals surface area contributed by atoms with Crippen molar-refractivity contribution in [3.63, 3.8) is 0 Å². The number of hydrogen-bond acceptors (Lipinski definition) is 8. The highest BCUT2D eigenvalue weighted by Gasteiger charge is 2.33. The minimum atomic E-state index is -1.07. The lowest BCUT2D eigenvalue weighted by molar-refractivity contribution is -0.177. The van der Waals surface area contributed by atoms with Crippen molar-refractivity contribution in [3.05, 3.63) is 35.9 Å². The molecule has 0 atom stereocenters. The second-order valence-electron chi connectivity index (χ2n) is 5.30. The smallest absolute Gasteiger partial charge is 0.428 e. The van der Waals surface area contributed by atoms with Gasteiger partial charge in [-0.3, -0.25) is 29.2 Å². The van der Waals surface area contributed by atoms with E-state index in [-0.39, 0.29) is 37.4 Å². The first-order chi connectivity index (χ1) is 12.4. The van der Waals surface area contributed by atoms with Gasteiger partial charge in [0.2, 0.25) is 0 Å². The monoisotopic (exact) mass is 364 g/mol. The van der Waals surface area contributed by atoms with Crippen LogP contribution in [-0.4, -0.2) is 45.1 Å². The second kappa shape index (κ2) is 8.72. The molecule has 138 valence electrons. The second-order valence-corrected chi connectivity index (χ2v) is 5.30. The fraction of sp³-hybridized carbons (Fsp3) is 0.312. The average Bonchev–Trinajstić information content (AvgIpc) is 3.11. The highest BCUT2D eigenvalue weighted by atomic mass is 16.8. The summed E-state index contributed by atoms with van der Waals surface area (Å²) < 4.78 is 4.78. The molecule has 2 saturated heterocycles. The van der Waals surface area contributed by atoms with Crippen LogP contribution in [0.2, 0.25) is 0 Å². The Kier molecular flexibility index (Phi) is 6.39. The summed E-state index contributed by atoms with van der Waals surface area (Å²) in [6.07, 6.45) is -0.650. The fourth-order valence-electron chi connectivity index (χ4n) is 2.04. The normalized spacial score (nSPS) is 16.5. The Balaban J connectivity index is 0.000000254. The van der Waals surface area contributed by atoms with Gasteiger partial charge in [-0.05, 0) is 5.56 Å². The highest BCUT2D eigenvalue weighted by molar-refractivity contribution is 6.01. The van der Waals surface area contributed by atoms with Crippen molar-refractivity contribution in [1.82, 2.24) is 10.1 Å². The Morgan fingerprint density at radius 2 is 1.38 bits per heavy atom. The molecular weight excluding hydrogens is 348 g/mol. The molecule has 1 aromatic rings.